The first kappa shape index (κ1) is 113. The van der Waals surface area contributed by atoms with Crippen LogP contribution < -0.4 is 21.3 Å². The minimum Gasteiger partial charge on any atom is -0.477 e. The van der Waals surface area contributed by atoms with Crippen molar-refractivity contribution in [2.24, 2.45) is 0 Å². The van der Waals surface area contributed by atoms with Gasteiger partial charge in [0, 0.05) is 47.0 Å². The number of aliphatic hydroxyl groups excluding tert-OH is 15. The third-order valence-corrected chi connectivity index (χ3v) is 24.0. The minimum atomic E-state index is -5.70. The molecule has 3 heterocycles. The van der Waals surface area contributed by atoms with Crippen molar-refractivity contribution in [3.05, 3.63) is 12.2 Å². The second-order valence-corrected chi connectivity index (χ2v) is 34.6. The lowest BCUT2D eigenvalue weighted by Gasteiger charge is -2.50. The average molecular weight is 1830 g/mol. The number of aliphatic hydroxyl groups is 15. The van der Waals surface area contributed by atoms with Crippen molar-refractivity contribution in [3.63, 3.8) is 0 Å². The van der Waals surface area contributed by atoms with E-state index < -0.39 is 272 Å². The normalized spacial score (nSPS) is 29.7. The number of ether oxygens (including phenoxy) is 9. The highest BCUT2D eigenvalue weighted by atomic mass is 31.2. The number of phosphoric ester groups is 1. The van der Waals surface area contributed by atoms with Gasteiger partial charge in [-0.25, -0.2) is 18.9 Å². The molecule has 1 aliphatic carbocycles. The number of nitrogens with one attached hydrogen (secondary N) is 4. The van der Waals surface area contributed by atoms with Gasteiger partial charge in [0.15, 0.2) is 0 Å². The molecule has 27 atom stereocenters. The average Bonchev–Trinajstić information content (AvgIpc) is 0.770. The first-order valence-corrected chi connectivity index (χ1v) is 45.7. The molecule has 0 aromatic rings. The minimum absolute atomic E-state index is 0.0137. The zero-order chi connectivity index (χ0) is 93.0. The van der Waals surface area contributed by atoms with Gasteiger partial charge in [0.25, 0.3) is 17.4 Å². The summed E-state index contributed by atoms with van der Waals surface area (Å²) in [7, 11) is -2.51. The number of carbonyl (C=O) groups is 7. The number of hydrogen-bond donors (Lipinski definition) is 23. The van der Waals surface area contributed by atoms with E-state index in [1.54, 1.807) is 6.08 Å². The van der Waals surface area contributed by atoms with Gasteiger partial charge in [0.05, 0.1) is 75.0 Å². The van der Waals surface area contributed by atoms with Crippen molar-refractivity contribution in [1.29, 1.82) is 0 Å². The molecule has 3 aliphatic heterocycles. The Kier molecular flexibility index (Phi) is 53.0. The molecule has 43 heteroatoms. The van der Waals surface area contributed by atoms with E-state index in [1.807, 2.05) is 0 Å². The SMILES string of the molecule is CCCCCCCCCCC/C=C/[C@@H](O)[C@H](COP(=O)(O)O[C@@H]1[C@H](O)[C@H](O[C@]2(C(=O)O)C[C@H](O)[C@@H](NC(=O)CO[C@]3(C(=O)O)C[C@H](O)[C@@H](NC(=O)CO[C@]4(C(=O)O)C[C@H](O)[C@@H](NC(=O)CO)[C@H]([C@@H](O)[C@H](O)COC)O4)[C@H]([C@@H](O)[C@H](O)COC)O3)[C@H]([C@@H](O)[C@H](O)COC)O2)[C@@H](O)[C@H](O)[C@H]1O)NC(=O)CCCCCCCCCCCCCCCCCCCCCCC. The van der Waals surface area contributed by atoms with E-state index in [4.69, 9.17) is 51.7 Å². The van der Waals surface area contributed by atoms with Crippen molar-refractivity contribution in [1.82, 2.24) is 21.3 Å². The van der Waals surface area contributed by atoms with Crippen LogP contribution in [0.5, 0.6) is 0 Å². The van der Waals surface area contributed by atoms with Crippen molar-refractivity contribution in [3.8, 4) is 0 Å². The van der Waals surface area contributed by atoms with Gasteiger partial charge in [-0.05, 0) is 19.3 Å². The third-order valence-electron chi connectivity index (χ3n) is 23.0. The van der Waals surface area contributed by atoms with Gasteiger partial charge in [-0.3, -0.25) is 28.2 Å². The molecule has 4 amide bonds. The van der Waals surface area contributed by atoms with Crippen LogP contribution in [0.4, 0.5) is 0 Å². The lowest BCUT2D eigenvalue weighted by atomic mass is 9.84. The molecule has 0 aromatic heterocycles. The lowest BCUT2D eigenvalue weighted by Crippen LogP contribution is -2.71. The molecule has 4 rings (SSSR count). The van der Waals surface area contributed by atoms with Crippen LogP contribution in [0.15, 0.2) is 12.2 Å². The summed E-state index contributed by atoms with van der Waals surface area (Å²) in [5.41, 5.74) is 0. The quantitative estimate of drug-likeness (QED) is 0.0210. The highest BCUT2D eigenvalue weighted by Crippen LogP contribution is 2.49. The summed E-state index contributed by atoms with van der Waals surface area (Å²) >= 11 is 0. The monoisotopic (exact) mass is 1830 g/mol. The Morgan fingerprint density at radius 3 is 1.11 bits per heavy atom. The summed E-state index contributed by atoms with van der Waals surface area (Å²) in [5, 5.41) is 209. The topological polar surface area (TPSA) is 671 Å². The van der Waals surface area contributed by atoms with Crippen LogP contribution in [0.3, 0.4) is 0 Å². The molecule has 0 aromatic carbocycles. The number of methoxy groups -OCH3 is 3. The van der Waals surface area contributed by atoms with E-state index in [2.05, 4.69) is 35.1 Å². The number of carboxylic acid groups (broad SMARTS) is 3. The highest BCUT2D eigenvalue weighted by Gasteiger charge is 2.63. The number of unbranched alkanes of at least 4 members (excludes halogenated alkanes) is 29. The molecule has 728 valence electrons. The predicted molar refractivity (Wildman–Crippen MR) is 440 cm³/mol. The number of amides is 4. The predicted octanol–water partition coefficient (Wildman–Crippen LogP) is -0.368. The fourth-order valence-corrected chi connectivity index (χ4v) is 16.8. The largest absolute Gasteiger partial charge is 0.477 e. The molecule has 0 spiro atoms. The molecular formula is C82H147N4O38P. The number of hydrogen-bond acceptors (Lipinski definition) is 34. The molecule has 0 bridgehead atoms. The first-order valence-electron chi connectivity index (χ1n) is 44.2. The Hall–Kier alpha value is -4.82. The summed E-state index contributed by atoms with van der Waals surface area (Å²) in [6, 6.07) is -7.45. The van der Waals surface area contributed by atoms with Gasteiger partial charge >= 0.3 is 25.7 Å². The molecule has 23 N–H and O–H groups in total. The fourth-order valence-electron chi connectivity index (χ4n) is 15.8. The Labute approximate surface area is 730 Å². The van der Waals surface area contributed by atoms with Gasteiger partial charge in [-0.1, -0.05) is 206 Å². The van der Waals surface area contributed by atoms with Gasteiger partial charge in [-0.2, -0.15) is 0 Å². The summed E-state index contributed by atoms with van der Waals surface area (Å²) in [4.78, 5) is 105. The lowest BCUT2D eigenvalue weighted by molar-refractivity contribution is -0.350. The number of allylic oxidation sites excluding steroid dienone is 1. The molecule has 1 saturated carbocycles. The van der Waals surface area contributed by atoms with Crippen molar-refractivity contribution < 1.29 is 187 Å². The van der Waals surface area contributed by atoms with Crippen LogP contribution in [0.1, 0.15) is 239 Å². The van der Waals surface area contributed by atoms with E-state index in [0.29, 0.717) is 12.8 Å². The summed E-state index contributed by atoms with van der Waals surface area (Å²) < 4.78 is 72.7. The number of carbonyl (C=O) groups excluding carboxylic acids is 4. The standard InChI is InChI=1S/C82H147N4O38P/c1-6-8-10-12-14-16-18-19-20-21-22-23-24-25-26-27-29-31-33-35-37-39-58(95)83-50(51(88)38-36-34-32-30-28-17-15-13-11-9-7-2)44-119-125(112,113)124-76-70(104)68(102)69(103)75(71(76)105)123-82(79(110)111)42-54(91)64(74(122-82)67(101)57(94)47-116-5)86-61(98)49-118-81(78(108)109)41-53(90)63(73(121-81)66(100)56(93)46-115-4)85-60(97)48-117-80(77(106)107)40-52(89)62(84-59(96)43-87)72(120-80)65(99)55(92)45-114-3/h36,38,50-57,62-76,87-94,99-105H,6-35,37,39-49H2,1-5H3,(H,83,95)(H,84,96)(H,85,97)(H,86,98)(H,106,107)(H,108,109)(H,110,111)(H,112,113)/b38-36+/t50-,51+,52-,53-,54-,55+,56+,57+,62+,63+,64+,65-,66-,67-,68-,69-,70+,71+,72+,73+,74+,75+,76-,80+,81+,82-/m0/s1. The Balaban J connectivity index is 1.49. The summed E-state index contributed by atoms with van der Waals surface area (Å²) in [6.07, 6.45) is -10.2. The number of carboxylic acids is 3. The van der Waals surface area contributed by atoms with Gasteiger partial charge in [0.1, 0.15) is 111 Å². The van der Waals surface area contributed by atoms with Gasteiger partial charge in [0.2, 0.25) is 23.6 Å². The summed E-state index contributed by atoms with van der Waals surface area (Å²) in [6.45, 7) is -2.96. The first-order chi connectivity index (χ1) is 59.4. The zero-order valence-corrected chi connectivity index (χ0v) is 73.7. The Bertz CT molecular complexity index is 3180. The van der Waals surface area contributed by atoms with Gasteiger partial charge < -0.3 is 161 Å². The van der Waals surface area contributed by atoms with E-state index >= 15 is 0 Å². The second-order valence-electron chi connectivity index (χ2n) is 33.2. The van der Waals surface area contributed by atoms with E-state index in [9.17, 15) is 135 Å². The Morgan fingerprint density at radius 1 is 0.432 bits per heavy atom. The molecule has 42 nitrogen and oxygen atoms in total. The number of rotatable bonds is 67. The van der Waals surface area contributed by atoms with Crippen molar-refractivity contribution in [2.45, 2.75) is 396 Å². The molecule has 0 radical (unpaired) electrons. The van der Waals surface area contributed by atoms with Crippen molar-refractivity contribution >= 4 is 49.4 Å². The van der Waals surface area contributed by atoms with E-state index in [0.717, 1.165) is 105 Å². The molecule has 125 heavy (non-hydrogen) atoms. The van der Waals surface area contributed by atoms with Gasteiger partial charge in [-0.15, -0.1) is 0 Å². The summed E-state index contributed by atoms with van der Waals surface area (Å²) in [5.74, 6) is -21.2. The molecule has 3 saturated heterocycles. The van der Waals surface area contributed by atoms with Crippen LogP contribution in [-0.4, -0.2) is 363 Å². The molecule has 1 unspecified atom stereocenters. The van der Waals surface area contributed by atoms with Crippen LogP contribution in [-0.2, 0) is 89.8 Å². The maximum atomic E-state index is 14.1. The maximum absolute atomic E-state index is 14.1. The third kappa shape index (κ3) is 37.0. The second kappa shape index (κ2) is 58.8. The zero-order valence-electron chi connectivity index (χ0n) is 72.8. The van der Waals surface area contributed by atoms with Crippen LogP contribution >= 0.6 is 7.82 Å². The van der Waals surface area contributed by atoms with Crippen LogP contribution in [0, 0.1) is 0 Å². The number of phosphoric acid groups is 1. The Morgan fingerprint density at radius 2 is 0.760 bits per heavy atom. The highest BCUT2D eigenvalue weighted by molar-refractivity contribution is 7.47. The molecule has 4 aliphatic rings. The van der Waals surface area contributed by atoms with Crippen LogP contribution in [0.25, 0.3) is 0 Å². The smallest absolute Gasteiger partial charge is 0.472 e. The fraction of sp³-hybridized carbons (Fsp3) is 0.890. The molecule has 4 fully saturated rings. The van der Waals surface area contributed by atoms with E-state index in [-0.39, 0.29) is 6.42 Å². The molecular weight excluding hydrogens is 1680 g/mol. The maximum Gasteiger partial charge on any atom is 0.472 e. The number of aliphatic carboxylic acids is 3. The van der Waals surface area contributed by atoms with Crippen LogP contribution in [0.2, 0.25) is 0 Å². The van der Waals surface area contributed by atoms with E-state index in [1.165, 1.54) is 109 Å². The van der Waals surface area contributed by atoms with Crippen molar-refractivity contribution in [2.75, 3.05) is 67.6 Å².